The van der Waals surface area contributed by atoms with E-state index in [1.54, 1.807) is 13.4 Å². The highest BCUT2D eigenvalue weighted by molar-refractivity contribution is 5.33. The van der Waals surface area contributed by atoms with Gasteiger partial charge in [-0.25, -0.2) is 9.97 Å². The Kier molecular flexibility index (Phi) is 5.70. The fraction of sp³-hybridized carbons (Fsp3) is 0.636. The van der Waals surface area contributed by atoms with Gasteiger partial charge in [0, 0.05) is 32.0 Å². The first-order chi connectivity index (χ1) is 7.33. The van der Waals surface area contributed by atoms with Gasteiger partial charge in [0.1, 0.15) is 12.1 Å². The van der Waals surface area contributed by atoms with Gasteiger partial charge in [0.2, 0.25) is 0 Å². The monoisotopic (exact) mass is 209 g/mol. The lowest BCUT2D eigenvalue weighted by atomic mass is 10.2. The molecule has 0 saturated heterocycles. The molecule has 1 N–H and O–H groups in total. The maximum absolute atomic E-state index is 4.98. The van der Waals surface area contributed by atoms with Gasteiger partial charge >= 0.3 is 0 Å². The van der Waals surface area contributed by atoms with Crippen LogP contribution in [0, 0.1) is 6.92 Å². The summed E-state index contributed by atoms with van der Waals surface area (Å²) in [5.74, 6) is 0.911. The molecule has 4 nitrogen and oxygen atoms in total. The number of rotatable bonds is 7. The van der Waals surface area contributed by atoms with Gasteiger partial charge in [0.25, 0.3) is 0 Å². The Bertz CT molecular complexity index is 278. The van der Waals surface area contributed by atoms with Crippen LogP contribution in [0.4, 0.5) is 5.82 Å². The number of hydrogen-bond acceptors (Lipinski definition) is 4. The highest BCUT2D eigenvalue weighted by Gasteiger charge is 1.94. The SMILES string of the molecule is COCCCCCNc1cc(C)ncn1. The molecule has 15 heavy (non-hydrogen) atoms. The normalized spacial score (nSPS) is 10.3. The zero-order valence-electron chi connectivity index (χ0n) is 9.49. The van der Waals surface area contributed by atoms with Crippen LogP contribution in [-0.4, -0.2) is 30.2 Å². The van der Waals surface area contributed by atoms with Crippen LogP contribution in [0.1, 0.15) is 25.0 Å². The first-order valence-electron chi connectivity index (χ1n) is 5.34. The second-order valence-electron chi connectivity index (χ2n) is 3.52. The van der Waals surface area contributed by atoms with E-state index in [4.69, 9.17) is 4.74 Å². The maximum atomic E-state index is 4.98. The Morgan fingerprint density at radius 3 is 2.87 bits per heavy atom. The number of aromatic nitrogens is 2. The Balaban J connectivity index is 2.10. The Labute approximate surface area is 91.1 Å². The third kappa shape index (κ3) is 5.32. The molecule has 0 aliphatic heterocycles. The quantitative estimate of drug-likeness (QED) is 0.698. The van der Waals surface area contributed by atoms with E-state index in [-0.39, 0.29) is 0 Å². The molecule has 0 unspecified atom stereocenters. The average molecular weight is 209 g/mol. The lowest BCUT2D eigenvalue weighted by Crippen LogP contribution is -2.04. The minimum Gasteiger partial charge on any atom is -0.385 e. The third-order valence-corrected chi connectivity index (χ3v) is 2.14. The van der Waals surface area contributed by atoms with Crippen LogP contribution < -0.4 is 5.32 Å². The van der Waals surface area contributed by atoms with Crippen LogP contribution in [-0.2, 0) is 4.74 Å². The van der Waals surface area contributed by atoms with E-state index in [1.165, 1.54) is 6.42 Å². The number of hydrogen-bond donors (Lipinski definition) is 1. The topological polar surface area (TPSA) is 47.0 Å². The van der Waals surface area contributed by atoms with Crippen molar-refractivity contribution in [1.82, 2.24) is 9.97 Å². The predicted molar refractivity (Wildman–Crippen MR) is 61.0 cm³/mol. The minimum absolute atomic E-state index is 0.854. The Hall–Kier alpha value is -1.16. The van der Waals surface area contributed by atoms with Gasteiger partial charge in [-0.05, 0) is 26.2 Å². The number of nitrogens with zero attached hydrogens (tertiary/aromatic N) is 2. The molecule has 0 amide bonds. The van der Waals surface area contributed by atoms with Crippen LogP contribution >= 0.6 is 0 Å². The molecule has 0 spiro atoms. The standard InChI is InChI=1S/C11H19N3O/c1-10-8-11(14-9-13-10)12-6-4-3-5-7-15-2/h8-9H,3-7H2,1-2H3,(H,12,13,14). The zero-order valence-corrected chi connectivity index (χ0v) is 9.49. The molecule has 0 radical (unpaired) electrons. The summed E-state index contributed by atoms with van der Waals surface area (Å²) < 4.78 is 4.98. The van der Waals surface area contributed by atoms with E-state index in [9.17, 15) is 0 Å². The van der Waals surface area contributed by atoms with Gasteiger partial charge in [-0.1, -0.05) is 0 Å². The average Bonchev–Trinajstić information content (AvgIpc) is 2.23. The second kappa shape index (κ2) is 7.17. The van der Waals surface area contributed by atoms with Crippen LogP contribution in [0.5, 0.6) is 0 Å². The van der Waals surface area contributed by atoms with E-state index in [0.717, 1.165) is 37.5 Å². The Morgan fingerprint density at radius 1 is 1.27 bits per heavy atom. The minimum atomic E-state index is 0.854. The van der Waals surface area contributed by atoms with Gasteiger partial charge < -0.3 is 10.1 Å². The summed E-state index contributed by atoms with van der Waals surface area (Å²) in [7, 11) is 1.74. The van der Waals surface area contributed by atoms with Gasteiger partial charge in [0.05, 0.1) is 0 Å². The molecule has 0 aliphatic carbocycles. The van der Waals surface area contributed by atoms with Crippen molar-refractivity contribution in [3.05, 3.63) is 18.1 Å². The van der Waals surface area contributed by atoms with Crippen LogP contribution in [0.15, 0.2) is 12.4 Å². The molecule has 0 aromatic carbocycles. The van der Waals surface area contributed by atoms with Gasteiger partial charge in [-0.15, -0.1) is 0 Å². The summed E-state index contributed by atoms with van der Waals surface area (Å²) in [6.07, 6.45) is 5.04. The van der Waals surface area contributed by atoms with Crippen LogP contribution in [0.2, 0.25) is 0 Å². The maximum Gasteiger partial charge on any atom is 0.129 e. The fourth-order valence-corrected chi connectivity index (χ4v) is 1.32. The van der Waals surface area contributed by atoms with E-state index in [1.807, 2.05) is 13.0 Å². The van der Waals surface area contributed by atoms with Crippen LogP contribution in [0.3, 0.4) is 0 Å². The third-order valence-electron chi connectivity index (χ3n) is 2.14. The molecule has 84 valence electrons. The van der Waals surface area contributed by atoms with Gasteiger partial charge in [0.15, 0.2) is 0 Å². The van der Waals surface area contributed by atoms with Crippen molar-refractivity contribution in [1.29, 1.82) is 0 Å². The zero-order chi connectivity index (χ0) is 10.9. The smallest absolute Gasteiger partial charge is 0.129 e. The highest BCUT2D eigenvalue weighted by atomic mass is 16.5. The number of nitrogens with one attached hydrogen (secondary N) is 1. The molecule has 0 saturated carbocycles. The van der Waals surface area contributed by atoms with Crippen molar-refractivity contribution < 1.29 is 4.74 Å². The number of aryl methyl sites for hydroxylation is 1. The van der Waals surface area contributed by atoms with E-state index in [2.05, 4.69) is 15.3 Å². The molecule has 4 heteroatoms. The molecule has 0 bridgehead atoms. The van der Waals surface area contributed by atoms with Gasteiger partial charge in [-0.3, -0.25) is 0 Å². The molecule has 0 atom stereocenters. The molecule has 1 rings (SSSR count). The molecular weight excluding hydrogens is 190 g/mol. The summed E-state index contributed by atoms with van der Waals surface area (Å²) in [6.45, 7) is 3.78. The van der Waals surface area contributed by atoms with Crippen molar-refractivity contribution in [2.24, 2.45) is 0 Å². The van der Waals surface area contributed by atoms with Crippen molar-refractivity contribution in [3.63, 3.8) is 0 Å². The predicted octanol–water partition coefficient (Wildman–Crippen LogP) is 2.01. The molecule has 1 aromatic rings. The van der Waals surface area contributed by atoms with Crippen molar-refractivity contribution in [2.45, 2.75) is 26.2 Å². The second-order valence-corrected chi connectivity index (χ2v) is 3.52. The van der Waals surface area contributed by atoms with E-state index in [0.29, 0.717) is 0 Å². The largest absolute Gasteiger partial charge is 0.385 e. The fourth-order valence-electron chi connectivity index (χ4n) is 1.32. The van der Waals surface area contributed by atoms with Crippen molar-refractivity contribution in [2.75, 3.05) is 25.6 Å². The molecule has 0 aliphatic rings. The Morgan fingerprint density at radius 2 is 2.13 bits per heavy atom. The summed E-state index contributed by atoms with van der Waals surface area (Å²) in [4.78, 5) is 8.17. The molecule has 0 fully saturated rings. The van der Waals surface area contributed by atoms with Gasteiger partial charge in [-0.2, -0.15) is 0 Å². The number of anilines is 1. The first-order valence-corrected chi connectivity index (χ1v) is 5.34. The molecular formula is C11H19N3O. The number of unbranched alkanes of at least 4 members (excludes halogenated alkanes) is 2. The lowest BCUT2D eigenvalue weighted by Gasteiger charge is -2.05. The summed E-state index contributed by atoms with van der Waals surface area (Å²) in [5, 5.41) is 3.27. The van der Waals surface area contributed by atoms with Crippen molar-refractivity contribution in [3.8, 4) is 0 Å². The first kappa shape index (κ1) is 11.9. The molecule has 1 aromatic heterocycles. The summed E-state index contributed by atoms with van der Waals surface area (Å²) in [6, 6.07) is 1.95. The number of methoxy groups -OCH3 is 1. The van der Waals surface area contributed by atoms with Crippen LogP contribution in [0.25, 0.3) is 0 Å². The summed E-state index contributed by atoms with van der Waals surface area (Å²) >= 11 is 0. The molecule has 1 heterocycles. The summed E-state index contributed by atoms with van der Waals surface area (Å²) in [5.41, 5.74) is 0.992. The lowest BCUT2D eigenvalue weighted by molar-refractivity contribution is 0.192. The van der Waals surface area contributed by atoms with Crippen molar-refractivity contribution >= 4 is 5.82 Å². The van der Waals surface area contributed by atoms with E-state index >= 15 is 0 Å². The highest BCUT2D eigenvalue weighted by Crippen LogP contribution is 2.03. The van der Waals surface area contributed by atoms with E-state index < -0.39 is 0 Å². The number of ether oxygens (including phenoxy) is 1.